The molecule has 1 aliphatic heterocycles. The molecule has 0 spiro atoms. The van der Waals surface area contributed by atoms with E-state index in [1.165, 1.54) is 38.8 Å². The highest BCUT2D eigenvalue weighted by molar-refractivity contribution is 5.27. The van der Waals surface area contributed by atoms with Gasteiger partial charge in [0.15, 0.2) is 0 Å². The lowest BCUT2D eigenvalue weighted by molar-refractivity contribution is 0.296. The van der Waals surface area contributed by atoms with Gasteiger partial charge in [-0.25, -0.2) is 9.97 Å². The number of rotatable bonds is 4. The van der Waals surface area contributed by atoms with Crippen molar-refractivity contribution in [1.29, 1.82) is 0 Å². The predicted molar refractivity (Wildman–Crippen MR) is 74.9 cm³/mol. The van der Waals surface area contributed by atoms with E-state index >= 15 is 0 Å². The van der Waals surface area contributed by atoms with Gasteiger partial charge in [0.2, 0.25) is 5.95 Å². The molecule has 4 nitrogen and oxygen atoms in total. The van der Waals surface area contributed by atoms with Crippen LogP contribution in [0.5, 0.6) is 0 Å². The average molecular weight is 248 g/mol. The van der Waals surface area contributed by atoms with Gasteiger partial charge in [0.05, 0.1) is 0 Å². The monoisotopic (exact) mass is 248 g/mol. The van der Waals surface area contributed by atoms with Crippen molar-refractivity contribution in [3.8, 4) is 0 Å². The topological polar surface area (TPSA) is 41.1 Å². The van der Waals surface area contributed by atoms with Crippen LogP contribution in [0.2, 0.25) is 0 Å². The van der Waals surface area contributed by atoms with Crippen molar-refractivity contribution < 1.29 is 0 Å². The van der Waals surface area contributed by atoms with Crippen molar-refractivity contribution in [2.45, 2.75) is 39.5 Å². The van der Waals surface area contributed by atoms with Crippen LogP contribution in [0.4, 0.5) is 5.95 Å². The summed E-state index contributed by atoms with van der Waals surface area (Å²) in [5, 5.41) is 3.33. The maximum absolute atomic E-state index is 4.39. The van der Waals surface area contributed by atoms with Crippen LogP contribution in [0, 0.1) is 13.8 Å². The third-order valence-corrected chi connectivity index (χ3v) is 3.39. The molecule has 0 unspecified atom stereocenters. The molecule has 1 saturated heterocycles. The second kappa shape index (κ2) is 6.69. The van der Waals surface area contributed by atoms with E-state index in [0.29, 0.717) is 0 Å². The van der Waals surface area contributed by atoms with Gasteiger partial charge in [0.1, 0.15) is 0 Å². The van der Waals surface area contributed by atoms with Gasteiger partial charge >= 0.3 is 0 Å². The molecule has 100 valence electrons. The molecule has 2 heterocycles. The van der Waals surface area contributed by atoms with Crippen molar-refractivity contribution in [3.63, 3.8) is 0 Å². The Bertz CT molecular complexity index is 350. The van der Waals surface area contributed by atoms with Crippen LogP contribution in [0.25, 0.3) is 0 Å². The zero-order valence-corrected chi connectivity index (χ0v) is 11.6. The average Bonchev–Trinajstić information content (AvgIpc) is 2.56. The van der Waals surface area contributed by atoms with Crippen molar-refractivity contribution in [3.05, 3.63) is 17.5 Å². The fourth-order valence-corrected chi connectivity index (χ4v) is 2.49. The first-order valence-electron chi connectivity index (χ1n) is 7.02. The number of hydrogen-bond donors (Lipinski definition) is 1. The minimum atomic E-state index is 0.766. The van der Waals surface area contributed by atoms with Gasteiger partial charge in [-0.05, 0) is 45.8 Å². The molecule has 0 saturated carbocycles. The molecular formula is C14H24N4. The molecule has 0 amide bonds. The SMILES string of the molecule is Cc1cc(C)nc(NCCN2CCCCCC2)n1. The molecule has 0 aliphatic carbocycles. The van der Waals surface area contributed by atoms with E-state index in [4.69, 9.17) is 0 Å². The van der Waals surface area contributed by atoms with Crippen molar-refractivity contribution >= 4 is 5.95 Å². The van der Waals surface area contributed by atoms with Crippen LogP contribution in [0.15, 0.2) is 6.07 Å². The van der Waals surface area contributed by atoms with Gasteiger partial charge in [-0.1, -0.05) is 12.8 Å². The summed E-state index contributed by atoms with van der Waals surface area (Å²) in [7, 11) is 0. The largest absolute Gasteiger partial charge is 0.353 e. The molecule has 0 aromatic carbocycles. The highest BCUT2D eigenvalue weighted by atomic mass is 15.2. The van der Waals surface area contributed by atoms with E-state index < -0.39 is 0 Å². The minimum absolute atomic E-state index is 0.766. The maximum atomic E-state index is 4.39. The summed E-state index contributed by atoms with van der Waals surface area (Å²) in [4.78, 5) is 11.3. The van der Waals surface area contributed by atoms with Crippen LogP contribution < -0.4 is 5.32 Å². The van der Waals surface area contributed by atoms with Gasteiger partial charge in [-0.3, -0.25) is 0 Å². The van der Waals surface area contributed by atoms with E-state index in [0.717, 1.165) is 30.4 Å². The van der Waals surface area contributed by atoms with Crippen molar-refractivity contribution in [2.75, 3.05) is 31.5 Å². The summed E-state index contributed by atoms with van der Waals surface area (Å²) in [6, 6.07) is 2.00. The molecule has 0 atom stereocenters. The third-order valence-electron chi connectivity index (χ3n) is 3.39. The highest BCUT2D eigenvalue weighted by Gasteiger charge is 2.08. The van der Waals surface area contributed by atoms with E-state index in [2.05, 4.69) is 20.2 Å². The Morgan fingerprint density at radius 3 is 2.28 bits per heavy atom. The fraction of sp³-hybridized carbons (Fsp3) is 0.714. The standard InChI is InChI=1S/C14H24N4/c1-12-11-13(2)17-14(16-12)15-7-10-18-8-5-3-4-6-9-18/h11H,3-10H2,1-2H3,(H,15,16,17). The van der Waals surface area contributed by atoms with E-state index in [-0.39, 0.29) is 0 Å². The Labute approximate surface area is 110 Å². The number of nitrogens with zero attached hydrogens (tertiary/aromatic N) is 3. The summed E-state index contributed by atoms with van der Waals surface area (Å²) >= 11 is 0. The molecular weight excluding hydrogens is 224 g/mol. The number of aryl methyl sites for hydroxylation is 2. The lowest BCUT2D eigenvalue weighted by atomic mass is 10.2. The van der Waals surface area contributed by atoms with Crippen LogP contribution in [0.1, 0.15) is 37.1 Å². The predicted octanol–water partition coefficient (Wildman–Crippen LogP) is 2.38. The number of nitrogens with one attached hydrogen (secondary N) is 1. The first-order chi connectivity index (χ1) is 8.74. The van der Waals surface area contributed by atoms with Crippen LogP contribution in [-0.4, -0.2) is 41.0 Å². The number of hydrogen-bond acceptors (Lipinski definition) is 4. The molecule has 18 heavy (non-hydrogen) atoms. The van der Waals surface area contributed by atoms with Gasteiger partial charge in [-0.2, -0.15) is 0 Å². The zero-order valence-electron chi connectivity index (χ0n) is 11.6. The molecule has 1 aromatic heterocycles. The fourth-order valence-electron chi connectivity index (χ4n) is 2.49. The number of anilines is 1. The Kier molecular flexibility index (Phi) is 4.93. The second-order valence-electron chi connectivity index (χ2n) is 5.16. The molecule has 1 aromatic rings. The summed E-state index contributed by atoms with van der Waals surface area (Å²) in [5.74, 6) is 0.766. The second-order valence-corrected chi connectivity index (χ2v) is 5.16. The van der Waals surface area contributed by atoms with Crippen LogP contribution >= 0.6 is 0 Å². The van der Waals surface area contributed by atoms with E-state index in [1.54, 1.807) is 0 Å². The first-order valence-corrected chi connectivity index (χ1v) is 7.02. The van der Waals surface area contributed by atoms with Gasteiger partial charge in [0.25, 0.3) is 0 Å². The summed E-state index contributed by atoms with van der Waals surface area (Å²) in [5.41, 5.74) is 2.06. The molecule has 2 rings (SSSR count). The maximum Gasteiger partial charge on any atom is 0.223 e. The van der Waals surface area contributed by atoms with Crippen LogP contribution in [-0.2, 0) is 0 Å². The Morgan fingerprint density at radius 2 is 1.67 bits per heavy atom. The summed E-state index contributed by atoms with van der Waals surface area (Å²) in [6.07, 6.45) is 5.48. The van der Waals surface area contributed by atoms with E-state index in [1.807, 2.05) is 19.9 Å². The van der Waals surface area contributed by atoms with Gasteiger partial charge < -0.3 is 10.2 Å². The quantitative estimate of drug-likeness (QED) is 0.888. The number of likely N-dealkylation sites (tertiary alicyclic amines) is 1. The first kappa shape index (κ1) is 13.3. The minimum Gasteiger partial charge on any atom is -0.353 e. The molecule has 0 bridgehead atoms. The summed E-state index contributed by atoms with van der Waals surface area (Å²) in [6.45, 7) is 8.54. The Morgan fingerprint density at radius 1 is 1.06 bits per heavy atom. The lowest BCUT2D eigenvalue weighted by Gasteiger charge is -2.19. The lowest BCUT2D eigenvalue weighted by Crippen LogP contribution is -2.30. The van der Waals surface area contributed by atoms with Crippen molar-refractivity contribution in [2.24, 2.45) is 0 Å². The highest BCUT2D eigenvalue weighted by Crippen LogP contribution is 2.09. The van der Waals surface area contributed by atoms with E-state index in [9.17, 15) is 0 Å². The Balaban J connectivity index is 1.77. The van der Waals surface area contributed by atoms with Gasteiger partial charge in [-0.15, -0.1) is 0 Å². The normalized spacial score (nSPS) is 17.4. The smallest absolute Gasteiger partial charge is 0.223 e. The number of aromatic nitrogens is 2. The molecule has 1 N–H and O–H groups in total. The Hall–Kier alpha value is -1.16. The van der Waals surface area contributed by atoms with Crippen LogP contribution in [0.3, 0.4) is 0 Å². The van der Waals surface area contributed by atoms with Gasteiger partial charge in [0, 0.05) is 24.5 Å². The zero-order chi connectivity index (χ0) is 12.8. The molecule has 0 radical (unpaired) electrons. The molecule has 1 fully saturated rings. The van der Waals surface area contributed by atoms with Crippen molar-refractivity contribution in [1.82, 2.24) is 14.9 Å². The molecule has 1 aliphatic rings. The third kappa shape index (κ3) is 4.26. The molecule has 4 heteroatoms. The summed E-state index contributed by atoms with van der Waals surface area (Å²) < 4.78 is 0.